The van der Waals surface area contributed by atoms with Crippen molar-refractivity contribution in [3.63, 3.8) is 0 Å². The molecule has 0 fully saturated rings. The Hall–Kier alpha value is -3.13. The number of thiophene rings is 1. The minimum Gasteiger partial charge on any atom is -0.507 e. The fourth-order valence-corrected chi connectivity index (χ4v) is 5.18. The zero-order valence-corrected chi connectivity index (χ0v) is 18.7. The number of benzene rings is 1. The molecule has 0 bridgehead atoms. The number of carbonyl (C=O) groups is 2. The van der Waals surface area contributed by atoms with Crippen molar-refractivity contribution >= 4 is 28.2 Å². The fraction of sp³-hybridized carbons (Fsp3) is 0.348. The third kappa shape index (κ3) is 4.07. The monoisotopic (exact) mass is 438 g/mol. The summed E-state index contributed by atoms with van der Waals surface area (Å²) in [6.45, 7) is 6.29. The Morgan fingerprint density at radius 2 is 1.87 bits per heavy atom. The maximum Gasteiger partial charge on any atom is 0.274 e. The summed E-state index contributed by atoms with van der Waals surface area (Å²) in [6.07, 6.45) is 3.93. The molecule has 2 aromatic heterocycles. The van der Waals surface area contributed by atoms with Gasteiger partial charge in [-0.15, -0.1) is 11.3 Å². The number of carbonyl (C=O) groups excluding carboxylic acids is 2. The molecule has 31 heavy (non-hydrogen) atoms. The van der Waals surface area contributed by atoms with E-state index in [0.717, 1.165) is 42.4 Å². The quantitative estimate of drug-likeness (QED) is 0.475. The van der Waals surface area contributed by atoms with Gasteiger partial charge in [-0.3, -0.25) is 14.7 Å². The van der Waals surface area contributed by atoms with Crippen LogP contribution in [0.25, 0.3) is 11.3 Å². The van der Waals surface area contributed by atoms with E-state index in [0.29, 0.717) is 28.4 Å². The van der Waals surface area contributed by atoms with Crippen LogP contribution in [0.1, 0.15) is 62.2 Å². The smallest absolute Gasteiger partial charge is 0.274 e. The van der Waals surface area contributed by atoms with Crippen molar-refractivity contribution in [1.82, 2.24) is 15.5 Å². The molecule has 2 heterocycles. The van der Waals surface area contributed by atoms with E-state index >= 15 is 0 Å². The van der Waals surface area contributed by atoms with E-state index < -0.39 is 0 Å². The molecule has 0 unspecified atom stereocenters. The minimum absolute atomic E-state index is 0.117. The van der Waals surface area contributed by atoms with Crippen LogP contribution < -0.4 is 10.6 Å². The Morgan fingerprint density at radius 1 is 1.13 bits per heavy atom. The van der Waals surface area contributed by atoms with E-state index in [1.165, 1.54) is 16.2 Å². The Kier molecular flexibility index (Phi) is 5.82. The average molecular weight is 439 g/mol. The van der Waals surface area contributed by atoms with Crippen molar-refractivity contribution < 1.29 is 14.7 Å². The minimum atomic E-state index is -0.369. The lowest BCUT2D eigenvalue weighted by Crippen LogP contribution is -2.25. The van der Waals surface area contributed by atoms with Gasteiger partial charge in [0.1, 0.15) is 16.4 Å². The number of amides is 2. The highest BCUT2D eigenvalue weighted by Crippen LogP contribution is 2.38. The number of hydrogen-bond acceptors (Lipinski definition) is 5. The standard InChI is InChI=1S/C23H26N4O3S/c1-4-24-22(30)20-14-7-5-6-8-19(14)31-23(20)25-21(29)17-11-16(26-27-17)15-9-12(2)13(3)10-18(15)28/h9-11,28H,4-8H2,1-3H3,(H,24,30)(H,25,29)(H,26,27). The number of rotatable bonds is 5. The molecule has 1 aromatic carbocycles. The van der Waals surface area contributed by atoms with Gasteiger partial charge in [0.15, 0.2) is 0 Å². The van der Waals surface area contributed by atoms with Crippen LogP contribution in [0.3, 0.4) is 0 Å². The third-order valence-corrected chi connectivity index (χ3v) is 6.88. The van der Waals surface area contributed by atoms with Crippen molar-refractivity contribution in [3.8, 4) is 17.0 Å². The number of nitrogens with zero attached hydrogens (tertiary/aromatic N) is 1. The Labute approximate surface area is 184 Å². The number of nitrogens with one attached hydrogen (secondary N) is 3. The van der Waals surface area contributed by atoms with Crippen molar-refractivity contribution in [2.75, 3.05) is 11.9 Å². The maximum absolute atomic E-state index is 12.9. The molecule has 7 nitrogen and oxygen atoms in total. The highest BCUT2D eigenvalue weighted by Gasteiger charge is 2.26. The van der Waals surface area contributed by atoms with Crippen LogP contribution in [0, 0.1) is 13.8 Å². The number of aromatic amines is 1. The normalized spacial score (nSPS) is 13.0. The van der Waals surface area contributed by atoms with E-state index in [4.69, 9.17) is 0 Å². The Morgan fingerprint density at radius 3 is 2.65 bits per heavy atom. The second-order valence-electron chi connectivity index (χ2n) is 7.85. The lowest BCUT2D eigenvalue weighted by atomic mass is 9.95. The van der Waals surface area contributed by atoms with Crippen molar-refractivity contribution in [1.29, 1.82) is 0 Å². The molecule has 0 saturated carbocycles. The predicted molar refractivity (Wildman–Crippen MR) is 122 cm³/mol. The van der Waals surface area contributed by atoms with Gasteiger partial charge in [0.25, 0.3) is 11.8 Å². The summed E-state index contributed by atoms with van der Waals surface area (Å²) in [6, 6.07) is 5.15. The topological polar surface area (TPSA) is 107 Å². The van der Waals surface area contributed by atoms with Crippen molar-refractivity contribution in [2.45, 2.75) is 46.5 Å². The van der Waals surface area contributed by atoms with Gasteiger partial charge in [0, 0.05) is 17.0 Å². The second-order valence-corrected chi connectivity index (χ2v) is 8.95. The van der Waals surface area contributed by atoms with Gasteiger partial charge in [-0.1, -0.05) is 0 Å². The lowest BCUT2D eigenvalue weighted by molar-refractivity contribution is 0.0956. The van der Waals surface area contributed by atoms with Crippen LogP contribution in [-0.4, -0.2) is 33.7 Å². The van der Waals surface area contributed by atoms with Crippen LogP contribution in [0.4, 0.5) is 5.00 Å². The molecule has 1 aliphatic carbocycles. The predicted octanol–water partition coefficient (Wildman–Crippen LogP) is 4.34. The van der Waals surface area contributed by atoms with Crippen LogP contribution >= 0.6 is 11.3 Å². The molecule has 4 N–H and O–H groups in total. The number of aromatic hydroxyl groups is 1. The van der Waals surface area contributed by atoms with E-state index in [1.807, 2.05) is 26.8 Å². The number of aryl methyl sites for hydroxylation is 3. The first-order valence-electron chi connectivity index (χ1n) is 10.5. The van der Waals surface area contributed by atoms with Gasteiger partial charge >= 0.3 is 0 Å². The molecular weight excluding hydrogens is 412 g/mol. The fourth-order valence-electron chi connectivity index (χ4n) is 3.90. The van der Waals surface area contributed by atoms with E-state index in [1.54, 1.807) is 12.1 Å². The zero-order valence-electron chi connectivity index (χ0n) is 17.9. The van der Waals surface area contributed by atoms with Gasteiger partial charge in [0.05, 0.1) is 11.3 Å². The van der Waals surface area contributed by atoms with Crippen molar-refractivity contribution in [2.24, 2.45) is 0 Å². The Bertz CT molecular complexity index is 1160. The zero-order chi connectivity index (χ0) is 22.1. The summed E-state index contributed by atoms with van der Waals surface area (Å²) >= 11 is 1.48. The number of hydrogen-bond donors (Lipinski definition) is 4. The van der Waals surface area contributed by atoms with Gasteiger partial charge in [-0.25, -0.2) is 0 Å². The molecule has 0 spiro atoms. The van der Waals surface area contributed by atoms with Gasteiger partial charge in [-0.2, -0.15) is 5.10 Å². The van der Waals surface area contributed by atoms with Gasteiger partial charge in [-0.05, 0) is 81.3 Å². The highest BCUT2D eigenvalue weighted by molar-refractivity contribution is 7.17. The first-order chi connectivity index (χ1) is 14.9. The maximum atomic E-state index is 12.9. The number of fused-ring (bicyclic) bond motifs is 1. The number of H-pyrrole nitrogens is 1. The molecule has 0 saturated heterocycles. The number of anilines is 1. The van der Waals surface area contributed by atoms with Crippen molar-refractivity contribution in [3.05, 3.63) is 51.0 Å². The SMILES string of the molecule is CCNC(=O)c1c(NC(=O)c2cc(-c3cc(C)c(C)cc3O)n[nH]2)sc2c1CCCC2. The summed E-state index contributed by atoms with van der Waals surface area (Å²) in [5, 5.41) is 23.6. The van der Waals surface area contributed by atoms with Gasteiger partial charge < -0.3 is 15.7 Å². The molecular formula is C23H26N4O3S. The molecule has 1 aliphatic rings. The molecule has 0 radical (unpaired) electrons. The second kappa shape index (κ2) is 8.55. The molecule has 0 aliphatic heterocycles. The summed E-state index contributed by atoms with van der Waals surface area (Å²) < 4.78 is 0. The van der Waals surface area contributed by atoms with Crippen LogP contribution in [0.5, 0.6) is 5.75 Å². The summed E-state index contributed by atoms with van der Waals surface area (Å²) in [5.41, 5.74) is 4.96. The first-order valence-corrected chi connectivity index (χ1v) is 11.3. The summed E-state index contributed by atoms with van der Waals surface area (Å²) in [7, 11) is 0. The van der Waals surface area contributed by atoms with Crippen LogP contribution in [-0.2, 0) is 12.8 Å². The molecule has 2 amide bonds. The third-order valence-electron chi connectivity index (χ3n) is 5.67. The molecule has 4 rings (SSSR count). The molecule has 8 heteroatoms. The molecule has 162 valence electrons. The molecule has 0 atom stereocenters. The largest absolute Gasteiger partial charge is 0.507 e. The molecule has 3 aromatic rings. The number of phenols is 1. The number of aromatic nitrogens is 2. The lowest BCUT2D eigenvalue weighted by Gasteiger charge is -2.12. The van der Waals surface area contributed by atoms with E-state index in [9.17, 15) is 14.7 Å². The first kappa shape index (κ1) is 21.1. The number of phenolic OH excluding ortho intramolecular Hbond substituents is 1. The average Bonchev–Trinajstić information content (AvgIpc) is 3.35. The van der Waals surface area contributed by atoms with Crippen LogP contribution in [0.2, 0.25) is 0 Å². The van der Waals surface area contributed by atoms with Gasteiger partial charge in [0.2, 0.25) is 0 Å². The summed E-state index contributed by atoms with van der Waals surface area (Å²) in [4.78, 5) is 26.8. The van der Waals surface area contributed by atoms with E-state index in [2.05, 4.69) is 20.8 Å². The Balaban J connectivity index is 1.62. The highest BCUT2D eigenvalue weighted by atomic mass is 32.1. The van der Waals surface area contributed by atoms with E-state index in [-0.39, 0.29) is 23.3 Å². The van der Waals surface area contributed by atoms with Crippen LogP contribution in [0.15, 0.2) is 18.2 Å². The summed E-state index contributed by atoms with van der Waals surface area (Å²) in [5.74, 6) is -0.403.